The first-order valence-corrected chi connectivity index (χ1v) is 8.82. The summed E-state index contributed by atoms with van der Waals surface area (Å²) in [5, 5.41) is 13.8. The molecule has 1 aromatic heterocycles. The molecule has 2 aromatic rings. The van der Waals surface area contributed by atoms with Gasteiger partial charge in [-0.15, -0.1) is 0 Å². The number of amides is 2. The number of hydrogen-bond acceptors (Lipinski definition) is 4. The van der Waals surface area contributed by atoms with Gasteiger partial charge in [0.2, 0.25) is 5.91 Å². The zero-order valence-corrected chi connectivity index (χ0v) is 14.9. The Morgan fingerprint density at radius 2 is 1.88 bits per heavy atom. The van der Waals surface area contributed by atoms with E-state index in [0.717, 1.165) is 5.56 Å². The number of halogens is 1. The minimum Gasteiger partial charge on any atom is -0.389 e. The third-order valence-corrected chi connectivity index (χ3v) is 4.71. The minimum atomic E-state index is -0.802. The number of benzene rings is 1. The maximum Gasteiger partial charge on any atom is 0.251 e. The molecule has 0 spiro atoms. The summed E-state index contributed by atoms with van der Waals surface area (Å²) in [4.78, 5) is 30.1. The first kappa shape index (κ1) is 18.4. The molecule has 2 heterocycles. The summed E-state index contributed by atoms with van der Waals surface area (Å²) in [5.74, 6) is -0.303. The fourth-order valence-electron chi connectivity index (χ4n) is 2.97. The Kier molecular flexibility index (Phi) is 5.85. The average molecular weight is 374 g/mol. The fraction of sp³-hybridized carbons (Fsp3) is 0.316. The van der Waals surface area contributed by atoms with Crippen LogP contribution < -0.4 is 5.32 Å². The van der Waals surface area contributed by atoms with Gasteiger partial charge in [0.15, 0.2) is 0 Å². The van der Waals surface area contributed by atoms with Crippen LogP contribution in [0.2, 0.25) is 5.02 Å². The average Bonchev–Trinajstić information content (AvgIpc) is 2.66. The monoisotopic (exact) mass is 373 g/mol. The van der Waals surface area contributed by atoms with Crippen LogP contribution in [0, 0.1) is 0 Å². The molecule has 0 radical (unpaired) electrons. The van der Waals surface area contributed by atoms with Crippen molar-refractivity contribution >= 4 is 23.4 Å². The molecule has 2 atom stereocenters. The van der Waals surface area contributed by atoms with Crippen LogP contribution in [0.5, 0.6) is 0 Å². The van der Waals surface area contributed by atoms with E-state index in [1.54, 1.807) is 41.6 Å². The van der Waals surface area contributed by atoms with Gasteiger partial charge in [-0.25, -0.2) is 0 Å². The summed E-state index contributed by atoms with van der Waals surface area (Å²) in [6, 6.07) is 9.99. The second kappa shape index (κ2) is 8.29. The van der Waals surface area contributed by atoms with Crippen LogP contribution >= 0.6 is 11.6 Å². The Morgan fingerprint density at radius 3 is 2.54 bits per heavy atom. The number of nitrogens with one attached hydrogen (secondary N) is 1. The van der Waals surface area contributed by atoms with E-state index in [2.05, 4.69) is 10.3 Å². The normalized spacial score (nSPS) is 19.8. The zero-order chi connectivity index (χ0) is 18.5. The lowest BCUT2D eigenvalue weighted by Gasteiger charge is -2.36. The second-order valence-corrected chi connectivity index (χ2v) is 6.75. The second-order valence-electron chi connectivity index (χ2n) is 6.31. The van der Waals surface area contributed by atoms with Crippen molar-refractivity contribution in [3.05, 3.63) is 64.9 Å². The van der Waals surface area contributed by atoms with E-state index < -0.39 is 6.10 Å². The predicted octanol–water partition coefficient (Wildman–Crippen LogP) is 1.67. The lowest BCUT2D eigenvalue weighted by Crippen LogP contribution is -2.55. The first-order valence-electron chi connectivity index (χ1n) is 8.44. The number of aliphatic hydroxyl groups is 1. The van der Waals surface area contributed by atoms with Crippen LogP contribution in [-0.4, -0.2) is 52.0 Å². The van der Waals surface area contributed by atoms with Gasteiger partial charge in [0.25, 0.3) is 5.91 Å². The summed E-state index contributed by atoms with van der Waals surface area (Å²) in [6.07, 6.45) is 3.05. The van der Waals surface area contributed by atoms with Crippen LogP contribution in [0.4, 0.5) is 0 Å². The summed E-state index contributed by atoms with van der Waals surface area (Å²) < 4.78 is 0. The maximum atomic E-state index is 12.4. The molecule has 0 aliphatic carbocycles. The van der Waals surface area contributed by atoms with Crippen LogP contribution in [0.15, 0.2) is 48.8 Å². The number of nitrogens with zero attached hydrogens (tertiary/aromatic N) is 2. The van der Waals surface area contributed by atoms with Crippen molar-refractivity contribution in [3.8, 4) is 0 Å². The van der Waals surface area contributed by atoms with Crippen LogP contribution in [0.3, 0.4) is 0 Å². The zero-order valence-electron chi connectivity index (χ0n) is 14.1. The predicted molar refractivity (Wildman–Crippen MR) is 97.9 cm³/mol. The molecule has 6 nitrogen and oxygen atoms in total. The highest BCUT2D eigenvalue weighted by atomic mass is 35.5. The highest BCUT2D eigenvalue weighted by Crippen LogP contribution is 2.15. The fourth-order valence-corrected chi connectivity index (χ4v) is 3.10. The third-order valence-electron chi connectivity index (χ3n) is 4.46. The van der Waals surface area contributed by atoms with Crippen molar-refractivity contribution in [2.24, 2.45) is 0 Å². The lowest BCUT2D eigenvalue weighted by atomic mass is 10.0. The van der Waals surface area contributed by atoms with E-state index in [1.807, 2.05) is 12.1 Å². The Balaban J connectivity index is 1.53. The number of aliphatic hydroxyl groups excluding tert-OH is 1. The minimum absolute atomic E-state index is 0.0507. The Morgan fingerprint density at radius 1 is 1.19 bits per heavy atom. The van der Waals surface area contributed by atoms with E-state index in [9.17, 15) is 14.7 Å². The molecule has 1 saturated heterocycles. The van der Waals surface area contributed by atoms with Crippen molar-refractivity contribution in [1.29, 1.82) is 0 Å². The number of piperidine rings is 1. The SMILES string of the molecule is O=C(N[C@@H]1CCN(C(=O)Cc2ccc(Cl)cc2)C[C@H]1O)c1ccncc1. The van der Waals surface area contributed by atoms with Gasteiger partial charge in [0.1, 0.15) is 0 Å². The molecular weight excluding hydrogens is 354 g/mol. The molecule has 7 heteroatoms. The van der Waals surface area contributed by atoms with Gasteiger partial charge in [-0.1, -0.05) is 23.7 Å². The molecule has 1 aliphatic heterocycles. The number of β-amino-alcohol motifs (C(OH)–C–C–N with tert-alkyl or cyclic N) is 1. The summed E-state index contributed by atoms with van der Waals surface area (Å²) in [6.45, 7) is 0.693. The first-order chi connectivity index (χ1) is 12.5. The molecule has 1 aromatic carbocycles. The van der Waals surface area contributed by atoms with Crippen LogP contribution in [0.25, 0.3) is 0 Å². The highest BCUT2D eigenvalue weighted by Gasteiger charge is 2.31. The molecular formula is C19H20ClN3O3. The highest BCUT2D eigenvalue weighted by molar-refractivity contribution is 6.30. The summed E-state index contributed by atoms with van der Waals surface area (Å²) in [7, 11) is 0. The number of rotatable bonds is 4. The van der Waals surface area contributed by atoms with Gasteiger partial charge < -0.3 is 15.3 Å². The number of aromatic nitrogens is 1. The molecule has 0 saturated carbocycles. The smallest absolute Gasteiger partial charge is 0.251 e. The van der Waals surface area contributed by atoms with Gasteiger partial charge in [0, 0.05) is 36.1 Å². The van der Waals surface area contributed by atoms with E-state index in [0.29, 0.717) is 23.6 Å². The van der Waals surface area contributed by atoms with Crippen molar-refractivity contribution in [2.45, 2.75) is 25.0 Å². The maximum absolute atomic E-state index is 12.4. The standard InChI is InChI=1S/C19H20ClN3O3/c20-15-3-1-13(2-4-15)11-18(25)23-10-7-16(17(24)12-23)22-19(26)14-5-8-21-9-6-14/h1-6,8-9,16-17,24H,7,10-12H2,(H,22,26)/t16-,17-/m1/s1. The van der Waals surface area contributed by atoms with Gasteiger partial charge in [-0.05, 0) is 36.2 Å². The van der Waals surface area contributed by atoms with Crippen LogP contribution in [-0.2, 0) is 11.2 Å². The molecule has 2 N–H and O–H groups in total. The topological polar surface area (TPSA) is 82.5 Å². The molecule has 0 bridgehead atoms. The third kappa shape index (κ3) is 4.59. The van der Waals surface area contributed by atoms with Gasteiger partial charge in [-0.2, -0.15) is 0 Å². The molecule has 1 fully saturated rings. The lowest BCUT2D eigenvalue weighted by molar-refractivity contribution is -0.134. The molecule has 3 rings (SSSR count). The van der Waals surface area contributed by atoms with Gasteiger partial charge in [0.05, 0.1) is 18.6 Å². The van der Waals surface area contributed by atoms with Gasteiger partial charge >= 0.3 is 0 Å². The molecule has 0 unspecified atom stereocenters. The Labute approximate surface area is 156 Å². The molecule has 136 valence electrons. The number of likely N-dealkylation sites (tertiary alicyclic amines) is 1. The van der Waals surface area contributed by atoms with E-state index in [4.69, 9.17) is 11.6 Å². The molecule has 1 aliphatic rings. The summed E-state index contributed by atoms with van der Waals surface area (Å²) in [5.41, 5.74) is 1.37. The Bertz CT molecular complexity index is 767. The quantitative estimate of drug-likeness (QED) is 0.854. The van der Waals surface area contributed by atoms with E-state index in [-0.39, 0.29) is 30.8 Å². The molecule has 26 heavy (non-hydrogen) atoms. The van der Waals surface area contributed by atoms with E-state index >= 15 is 0 Å². The number of pyridine rings is 1. The number of hydrogen-bond donors (Lipinski definition) is 2. The Hall–Kier alpha value is -2.44. The van der Waals surface area contributed by atoms with Crippen LogP contribution in [0.1, 0.15) is 22.3 Å². The van der Waals surface area contributed by atoms with Gasteiger partial charge in [-0.3, -0.25) is 14.6 Å². The molecule has 2 amide bonds. The van der Waals surface area contributed by atoms with Crippen molar-refractivity contribution in [3.63, 3.8) is 0 Å². The van der Waals surface area contributed by atoms with Crippen molar-refractivity contribution in [1.82, 2.24) is 15.2 Å². The van der Waals surface area contributed by atoms with Crippen molar-refractivity contribution in [2.75, 3.05) is 13.1 Å². The number of carbonyl (C=O) groups is 2. The van der Waals surface area contributed by atoms with Crippen molar-refractivity contribution < 1.29 is 14.7 Å². The summed E-state index contributed by atoms with van der Waals surface area (Å²) >= 11 is 5.85. The number of carbonyl (C=O) groups excluding carboxylic acids is 2. The van der Waals surface area contributed by atoms with E-state index in [1.165, 1.54) is 0 Å². The largest absolute Gasteiger partial charge is 0.389 e.